The molecule has 128 valence electrons. The van der Waals surface area contributed by atoms with Gasteiger partial charge in [-0.05, 0) is 49.4 Å². The Hall–Kier alpha value is -2.75. The van der Waals surface area contributed by atoms with Gasteiger partial charge in [-0.1, -0.05) is 24.3 Å². The van der Waals surface area contributed by atoms with Crippen molar-refractivity contribution in [2.75, 3.05) is 7.11 Å². The van der Waals surface area contributed by atoms with Gasteiger partial charge in [0.05, 0.1) is 19.2 Å². The third kappa shape index (κ3) is 2.58. The van der Waals surface area contributed by atoms with Crippen LogP contribution >= 0.6 is 0 Å². The van der Waals surface area contributed by atoms with Gasteiger partial charge in [-0.2, -0.15) is 0 Å². The van der Waals surface area contributed by atoms with Gasteiger partial charge in [0.15, 0.2) is 0 Å². The van der Waals surface area contributed by atoms with Gasteiger partial charge in [-0.15, -0.1) is 0 Å². The van der Waals surface area contributed by atoms with E-state index in [9.17, 15) is 9.90 Å². The Bertz CT molecular complexity index is 955. The van der Waals surface area contributed by atoms with Crippen LogP contribution in [0.25, 0.3) is 10.9 Å². The maximum atomic E-state index is 11.7. The number of hydrogen-bond acceptors (Lipinski definition) is 2. The molecule has 1 aliphatic carbocycles. The molecule has 25 heavy (non-hydrogen) atoms. The van der Waals surface area contributed by atoms with Crippen molar-refractivity contribution in [2.24, 2.45) is 0 Å². The SMILES string of the molecule is COc1cccc(C(=O)O)c1Cn1c2c(c3ccccc31)CCCC2. The summed E-state index contributed by atoms with van der Waals surface area (Å²) in [4.78, 5) is 11.7. The van der Waals surface area contributed by atoms with Crippen molar-refractivity contribution in [3.8, 4) is 5.75 Å². The molecule has 4 rings (SSSR count). The molecule has 0 amide bonds. The van der Waals surface area contributed by atoms with E-state index in [2.05, 4.69) is 22.8 Å². The fourth-order valence-corrected chi connectivity index (χ4v) is 4.05. The van der Waals surface area contributed by atoms with Crippen molar-refractivity contribution in [3.63, 3.8) is 0 Å². The molecule has 0 saturated carbocycles. The van der Waals surface area contributed by atoms with Crippen LogP contribution in [-0.2, 0) is 19.4 Å². The van der Waals surface area contributed by atoms with Gasteiger partial charge in [0.25, 0.3) is 0 Å². The number of ether oxygens (including phenoxy) is 1. The molecule has 0 radical (unpaired) electrons. The van der Waals surface area contributed by atoms with Crippen LogP contribution in [0.5, 0.6) is 5.75 Å². The minimum atomic E-state index is -0.917. The van der Waals surface area contributed by atoms with Crippen molar-refractivity contribution < 1.29 is 14.6 Å². The van der Waals surface area contributed by atoms with E-state index in [-0.39, 0.29) is 0 Å². The van der Waals surface area contributed by atoms with E-state index in [1.807, 2.05) is 12.1 Å². The number of nitrogens with zero attached hydrogens (tertiary/aromatic N) is 1. The first-order valence-electron chi connectivity index (χ1n) is 8.69. The molecule has 0 saturated heterocycles. The molecular formula is C21H21NO3. The number of carboxylic acids is 1. The fourth-order valence-electron chi connectivity index (χ4n) is 4.05. The van der Waals surface area contributed by atoms with E-state index in [0.29, 0.717) is 17.9 Å². The van der Waals surface area contributed by atoms with E-state index < -0.39 is 5.97 Å². The lowest BCUT2D eigenvalue weighted by atomic mass is 9.95. The number of benzene rings is 2. The predicted octanol–water partition coefficient (Wildman–Crippen LogP) is 4.28. The summed E-state index contributed by atoms with van der Waals surface area (Å²) in [5.41, 5.74) is 4.98. The van der Waals surface area contributed by atoms with Gasteiger partial charge in [-0.3, -0.25) is 0 Å². The van der Waals surface area contributed by atoms with Gasteiger partial charge in [-0.25, -0.2) is 4.79 Å². The van der Waals surface area contributed by atoms with Crippen molar-refractivity contribution in [1.29, 1.82) is 0 Å². The number of aromatic carboxylic acids is 1. The number of carbonyl (C=O) groups is 1. The van der Waals surface area contributed by atoms with Gasteiger partial charge < -0.3 is 14.4 Å². The Morgan fingerprint density at radius 3 is 2.72 bits per heavy atom. The van der Waals surface area contributed by atoms with Gasteiger partial charge in [0, 0.05) is 22.2 Å². The number of rotatable bonds is 4. The van der Waals surface area contributed by atoms with Crippen LogP contribution in [0.4, 0.5) is 0 Å². The first-order valence-corrected chi connectivity index (χ1v) is 8.69. The topological polar surface area (TPSA) is 51.5 Å². The monoisotopic (exact) mass is 335 g/mol. The van der Waals surface area contributed by atoms with E-state index >= 15 is 0 Å². The highest BCUT2D eigenvalue weighted by atomic mass is 16.5. The van der Waals surface area contributed by atoms with Crippen LogP contribution < -0.4 is 4.74 Å². The highest BCUT2D eigenvalue weighted by molar-refractivity contribution is 5.91. The van der Waals surface area contributed by atoms with Crippen molar-refractivity contribution in [2.45, 2.75) is 32.2 Å². The zero-order valence-corrected chi connectivity index (χ0v) is 14.3. The third-order valence-electron chi connectivity index (χ3n) is 5.18. The molecule has 1 N–H and O–H groups in total. The summed E-state index contributed by atoms with van der Waals surface area (Å²) in [6, 6.07) is 13.6. The Labute approximate surface area is 146 Å². The summed E-state index contributed by atoms with van der Waals surface area (Å²) in [6.07, 6.45) is 4.54. The van der Waals surface area contributed by atoms with Crippen molar-refractivity contribution >= 4 is 16.9 Å². The fraction of sp³-hybridized carbons (Fsp3) is 0.286. The van der Waals surface area contributed by atoms with Crippen molar-refractivity contribution in [3.05, 3.63) is 64.8 Å². The summed E-state index contributed by atoms with van der Waals surface area (Å²) in [6.45, 7) is 0.515. The summed E-state index contributed by atoms with van der Waals surface area (Å²) in [5, 5.41) is 10.9. The first-order chi connectivity index (χ1) is 12.2. The molecule has 2 aromatic carbocycles. The molecule has 1 heterocycles. The average molecular weight is 335 g/mol. The Morgan fingerprint density at radius 1 is 1.12 bits per heavy atom. The number of para-hydroxylation sites is 1. The predicted molar refractivity (Wildman–Crippen MR) is 97.6 cm³/mol. The number of carboxylic acid groups (broad SMARTS) is 1. The van der Waals surface area contributed by atoms with Gasteiger partial charge >= 0.3 is 5.97 Å². The number of methoxy groups -OCH3 is 1. The lowest BCUT2D eigenvalue weighted by molar-refractivity contribution is 0.0695. The molecule has 1 aliphatic rings. The van der Waals surface area contributed by atoms with E-state index in [1.54, 1.807) is 19.2 Å². The second-order valence-electron chi connectivity index (χ2n) is 6.53. The van der Waals surface area contributed by atoms with Crippen LogP contribution in [0.2, 0.25) is 0 Å². The first kappa shape index (κ1) is 15.8. The maximum Gasteiger partial charge on any atom is 0.336 e. The van der Waals surface area contributed by atoms with Crippen LogP contribution in [-0.4, -0.2) is 22.8 Å². The van der Waals surface area contributed by atoms with Gasteiger partial charge in [0.1, 0.15) is 5.75 Å². The molecule has 0 fully saturated rings. The number of aryl methyl sites for hydroxylation is 1. The highest BCUT2D eigenvalue weighted by Gasteiger charge is 2.22. The Kier molecular flexibility index (Phi) is 3.96. The van der Waals surface area contributed by atoms with Crippen molar-refractivity contribution in [1.82, 2.24) is 4.57 Å². The molecule has 0 spiro atoms. The normalized spacial score (nSPS) is 13.6. The van der Waals surface area contributed by atoms with Crippen LogP contribution in [0, 0.1) is 0 Å². The lowest BCUT2D eigenvalue weighted by Gasteiger charge is -2.18. The summed E-state index contributed by atoms with van der Waals surface area (Å²) in [5.74, 6) is -0.290. The number of aromatic nitrogens is 1. The number of hydrogen-bond donors (Lipinski definition) is 1. The average Bonchev–Trinajstić information content (AvgIpc) is 2.96. The number of fused-ring (bicyclic) bond motifs is 3. The lowest BCUT2D eigenvalue weighted by Crippen LogP contribution is -2.13. The van der Waals surface area contributed by atoms with Crippen LogP contribution in [0.3, 0.4) is 0 Å². The minimum Gasteiger partial charge on any atom is -0.496 e. The largest absolute Gasteiger partial charge is 0.496 e. The highest BCUT2D eigenvalue weighted by Crippen LogP contribution is 2.34. The molecule has 0 unspecified atom stereocenters. The molecule has 3 aromatic rings. The molecule has 4 nitrogen and oxygen atoms in total. The molecular weight excluding hydrogens is 314 g/mol. The second-order valence-corrected chi connectivity index (χ2v) is 6.53. The third-order valence-corrected chi connectivity index (χ3v) is 5.18. The smallest absolute Gasteiger partial charge is 0.336 e. The zero-order valence-electron chi connectivity index (χ0n) is 14.3. The Morgan fingerprint density at radius 2 is 1.92 bits per heavy atom. The summed E-state index contributed by atoms with van der Waals surface area (Å²) < 4.78 is 7.75. The molecule has 0 aliphatic heterocycles. The van der Waals surface area contributed by atoms with Gasteiger partial charge in [0.2, 0.25) is 0 Å². The quantitative estimate of drug-likeness (QED) is 0.774. The van der Waals surface area contributed by atoms with Crippen LogP contribution in [0.1, 0.15) is 40.0 Å². The second kappa shape index (κ2) is 6.28. The molecule has 1 aromatic heterocycles. The standard InChI is InChI=1S/C21H21NO3/c1-25-20-12-6-9-16(21(23)24)17(20)13-22-18-10-4-2-7-14(18)15-8-3-5-11-19(15)22/h2,4,6-7,9-10,12H,3,5,8,11,13H2,1H3,(H,23,24). The molecule has 4 heteroatoms. The summed E-state index contributed by atoms with van der Waals surface area (Å²) >= 11 is 0. The Balaban J connectivity index is 1.92. The van der Waals surface area contributed by atoms with E-state index in [4.69, 9.17) is 4.74 Å². The van der Waals surface area contributed by atoms with E-state index in [1.165, 1.54) is 35.0 Å². The minimum absolute atomic E-state index is 0.307. The zero-order chi connectivity index (χ0) is 17.4. The molecule has 0 atom stereocenters. The van der Waals surface area contributed by atoms with Crippen LogP contribution in [0.15, 0.2) is 42.5 Å². The summed E-state index contributed by atoms with van der Waals surface area (Å²) in [7, 11) is 1.59. The maximum absolute atomic E-state index is 11.7. The van der Waals surface area contributed by atoms with E-state index in [0.717, 1.165) is 18.4 Å². The molecule has 0 bridgehead atoms.